The second-order valence-corrected chi connectivity index (χ2v) is 8.43. The molecule has 1 aromatic rings. The summed E-state index contributed by atoms with van der Waals surface area (Å²) in [6.07, 6.45) is 8.22. The van der Waals surface area contributed by atoms with E-state index >= 15 is 0 Å². The fourth-order valence-electron chi connectivity index (χ4n) is 5.39. The summed E-state index contributed by atoms with van der Waals surface area (Å²) in [5.74, 6) is 1.57. The van der Waals surface area contributed by atoms with Crippen molar-refractivity contribution < 1.29 is 14.3 Å². The monoisotopic (exact) mass is 341 g/mol. The lowest BCUT2D eigenvalue weighted by atomic mass is 9.83. The van der Waals surface area contributed by atoms with Crippen LogP contribution in [0.3, 0.4) is 0 Å². The molecule has 1 aliphatic heterocycles. The van der Waals surface area contributed by atoms with E-state index in [4.69, 9.17) is 9.47 Å². The Morgan fingerprint density at radius 3 is 2.92 bits per heavy atom. The van der Waals surface area contributed by atoms with Crippen molar-refractivity contribution in [2.75, 3.05) is 20.3 Å². The normalized spacial score (nSPS) is 32.2. The number of methoxy groups -OCH3 is 1. The Morgan fingerprint density at radius 2 is 2.16 bits per heavy atom. The molecule has 1 amide bonds. The van der Waals surface area contributed by atoms with E-state index in [1.54, 1.807) is 7.11 Å². The van der Waals surface area contributed by atoms with Gasteiger partial charge >= 0.3 is 0 Å². The molecule has 2 saturated carbocycles. The van der Waals surface area contributed by atoms with E-state index in [9.17, 15) is 4.79 Å². The van der Waals surface area contributed by atoms with Gasteiger partial charge in [-0.05, 0) is 73.6 Å². The summed E-state index contributed by atoms with van der Waals surface area (Å²) in [7, 11) is 1.71. The van der Waals surface area contributed by atoms with Crippen LogP contribution in [-0.4, -0.2) is 37.1 Å². The first-order valence-electron chi connectivity index (χ1n) is 9.78. The lowest BCUT2D eigenvalue weighted by Gasteiger charge is -2.45. The molecule has 4 nitrogen and oxygen atoms in total. The van der Waals surface area contributed by atoms with E-state index in [0.29, 0.717) is 17.9 Å². The molecule has 0 aromatic heterocycles. The van der Waals surface area contributed by atoms with E-state index in [0.717, 1.165) is 38.0 Å². The summed E-state index contributed by atoms with van der Waals surface area (Å²) in [4.78, 5) is 15.4. The molecule has 1 aromatic carbocycles. The molecule has 3 unspecified atom stereocenters. The molecule has 3 aliphatic carbocycles. The first kappa shape index (κ1) is 15.7. The predicted molar refractivity (Wildman–Crippen MR) is 94.5 cm³/mol. The number of ether oxygens (including phenoxy) is 2. The highest BCUT2D eigenvalue weighted by molar-refractivity contribution is 5.80. The van der Waals surface area contributed by atoms with Crippen LogP contribution in [0.25, 0.3) is 0 Å². The van der Waals surface area contributed by atoms with Gasteiger partial charge in [-0.2, -0.15) is 0 Å². The number of nitrogens with zero attached hydrogens (tertiary/aromatic N) is 1. The van der Waals surface area contributed by atoms with Gasteiger partial charge in [0, 0.05) is 12.5 Å². The largest absolute Gasteiger partial charge is 0.497 e. The summed E-state index contributed by atoms with van der Waals surface area (Å²) < 4.78 is 11.5. The number of benzene rings is 1. The summed E-state index contributed by atoms with van der Waals surface area (Å²) in [6, 6.07) is 6.48. The maximum absolute atomic E-state index is 13.2. The average molecular weight is 341 g/mol. The minimum Gasteiger partial charge on any atom is -0.497 e. The second kappa shape index (κ2) is 5.73. The highest BCUT2D eigenvalue weighted by Crippen LogP contribution is 2.60. The highest BCUT2D eigenvalue weighted by Gasteiger charge is 2.51. The zero-order valence-electron chi connectivity index (χ0n) is 15.0. The van der Waals surface area contributed by atoms with Crippen LogP contribution >= 0.6 is 0 Å². The zero-order valence-corrected chi connectivity index (χ0v) is 15.0. The molecule has 0 radical (unpaired) electrons. The Kier molecular flexibility index (Phi) is 3.60. The third-order valence-electron chi connectivity index (χ3n) is 7.04. The zero-order chi connectivity index (χ0) is 17.0. The fourth-order valence-corrected chi connectivity index (χ4v) is 5.39. The molecule has 1 heterocycles. The van der Waals surface area contributed by atoms with Crippen molar-refractivity contribution in [2.24, 2.45) is 11.3 Å². The first-order valence-corrected chi connectivity index (χ1v) is 9.78. The number of amides is 1. The topological polar surface area (TPSA) is 38.8 Å². The molecule has 5 rings (SSSR count). The van der Waals surface area contributed by atoms with Crippen molar-refractivity contribution in [3.63, 3.8) is 0 Å². The molecule has 134 valence electrons. The number of carbonyl (C=O) groups excluding carboxylic acids is 1. The molecular weight excluding hydrogens is 314 g/mol. The first-order chi connectivity index (χ1) is 12.2. The number of carbonyl (C=O) groups is 1. The van der Waals surface area contributed by atoms with Crippen LogP contribution in [0.5, 0.6) is 5.75 Å². The van der Waals surface area contributed by atoms with Gasteiger partial charge in [-0.25, -0.2) is 0 Å². The molecule has 3 fully saturated rings. The Morgan fingerprint density at radius 1 is 1.28 bits per heavy atom. The molecule has 0 bridgehead atoms. The van der Waals surface area contributed by atoms with Gasteiger partial charge in [0.1, 0.15) is 11.9 Å². The maximum atomic E-state index is 13.2. The van der Waals surface area contributed by atoms with Gasteiger partial charge in [0.05, 0.1) is 19.8 Å². The number of aryl methyl sites for hydroxylation is 1. The Hall–Kier alpha value is -1.55. The maximum Gasteiger partial charge on any atom is 0.226 e. The van der Waals surface area contributed by atoms with Crippen molar-refractivity contribution >= 4 is 5.91 Å². The number of hydrogen-bond donors (Lipinski definition) is 0. The average Bonchev–Trinajstić information content (AvgIpc) is 3.28. The van der Waals surface area contributed by atoms with Gasteiger partial charge in [-0.1, -0.05) is 6.07 Å². The standard InChI is InChI=1S/C21H27NO3/c1-24-16-3-4-17-14(12-16)2-5-18-19(17)25-11-10-22(18)20(23)15-6-7-21(13-15)8-9-21/h3-4,12,15,18-19H,2,5-11,13H2,1H3. The third kappa shape index (κ3) is 2.57. The molecule has 25 heavy (non-hydrogen) atoms. The summed E-state index contributed by atoms with van der Waals surface area (Å²) in [5, 5.41) is 0. The van der Waals surface area contributed by atoms with Crippen molar-refractivity contribution in [2.45, 2.75) is 57.1 Å². The summed E-state index contributed by atoms with van der Waals surface area (Å²) in [5.41, 5.74) is 3.12. The second-order valence-electron chi connectivity index (χ2n) is 8.43. The lowest BCUT2D eigenvalue weighted by Crippen LogP contribution is -2.53. The van der Waals surface area contributed by atoms with E-state index in [1.165, 1.54) is 30.4 Å². The minimum absolute atomic E-state index is 0.0312. The van der Waals surface area contributed by atoms with Gasteiger partial charge < -0.3 is 14.4 Å². The highest BCUT2D eigenvalue weighted by atomic mass is 16.5. The molecule has 1 saturated heterocycles. The predicted octanol–water partition coefficient (Wildman–Crippen LogP) is 3.49. The van der Waals surface area contributed by atoms with Crippen LogP contribution in [0.15, 0.2) is 18.2 Å². The van der Waals surface area contributed by atoms with Gasteiger partial charge in [0.15, 0.2) is 0 Å². The Bertz CT molecular complexity index is 696. The lowest BCUT2D eigenvalue weighted by molar-refractivity contribution is -0.152. The van der Waals surface area contributed by atoms with Gasteiger partial charge in [-0.3, -0.25) is 4.79 Å². The summed E-state index contributed by atoms with van der Waals surface area (Å²) in [6.45, 7) is 1.41. The van der Waals surface area contributed by atoms with E-state index < -0.39 is 0 Å². The van der Waals surface area contributed by atoms with E-state index in [2.05, 4.69) is 17.0 Å². The van der Waals surface area contributed by atoms with E-state index in [1.807, 2.05) is 6.07 Å². The smallest absolute Gasteiger partial charge is 0.226 e. The van der Waals surface area contributed by atoms with Crippen molar-refractivity contribution in [1.82, 2.24) is 4.90 Å². The number of rotatable bonds is 2. The molecular formula is C21H27NO3. The van der Waals surface area contributed by atoms with Gasteiger partial charge in [0.25, 0.3) is 0 Å². The van der Waals surface area contributed by atoms with Crippen molar-refractivity contribution in [3.05, 3.63) is 29.3 Å². The van der Waals surface area contributed by atoms with Crippen molar-refractivity contribution in [3.8, 4) is 5.75 Å². The Balaban J connectivity index is 1.37. The quantitative estimate of drug-likeness (QED) is 0.826. The van der Waals surface area contributed by atoms with Gasteiger partial charge in [-0.15, -0.1) is 0 Å². The van der Waals surface area contributed by atoms with Crippen molar-refractivity contribution in [1.29, 1.82) is 0 Å². The summed E-state index contributed by atoms with van der Waals surface area (Å²) >= 11 is 0. The van der Waals surface area contributed by atoms with Crippen LogP contribution in [0.4, 0.5) is 0 Å². The van der Waals surface area contributed by atoms with Crippen LogP contribution in [0.2, 0.25) is 0 Å². The molecule has 1 spiro atoms. The van der Waals surface area contributed by atoms with Crippen LogP contribution in [0.1, 0.15) is 55.8 Å². The van der Waals surface area contributed by atoms with Crippen LogP contribution < -0.4 is 4.74 Å². The molecule has 4 aliphatic rings. The SMILES string of the molecule is COc1ccc2c(c1)CCC1C2OCCN1C(=O)C1CCC2(CC2)C1. The van der Waals surface area contributed by atoms with E-state index in [-0.39, 0.29) is 18.1 Å². The van der Waals surface area contributed by atoms with Crippen LogP contribution in [-0.2, 0) is 16.0 Å². The number of hydrogen-bond acceptors (Lipinski definition) is 3. The Labute approximate surface area is 149 Å². The number of fused-ring (bicyclic) bond motifs is 3. The van der Waals surface area contributed by atoms with Crippen LogP contribution in [0, 0.1) is 11.3 Å². The molecule has 0 N–H and O–H groups in total. The third-order valence-corrected chi connectivity index (χ3v) is 7.04. The molecule has 4 heteroatoms. The number of morpholine rings is 1. The van der Waals surface area contributed by atoms with Gasteiger partial charge in [0.2, 0.25) is 5.91 Å². The minimum atomic E-state index is 0.0312. The fraction of sp³-hybridized carbons (Fsp3) is 0.667. The molecule has 3 atom stereocenters.